The maximum atomic E-state index is 12.0. The third-order valence-corrected chi connectivity index (χ3v) is 3.40. The second-order valence-corrected chi connectivity index (χ2v) is 5.80. The van der Waals surface area contributed by atoms with Crippen LogP contribution in [-0.2, 0) is 4.79 Å². The van der Waals surface area contributed by atoms with Gasteiger partial charge in [-0.2, -0.15) is 0 Å². The number of carboxylic acids is 1. The SMILES string of the molecule is CCN(C(=O)NC[C@H](CC(=O)O)CC(C)C)C1CC1. The zero-order valence-corrected chi connectivity index (χ0v) is 12.2. The number of nitrogens with zero attached hydrogens (tertiary/aromatic N) is 1. The number of carbonyl (C=O) groups is 2. The van der Waals surface area contributed by atoms with Crippen LogP contribution < -0.4 is 5.32 Å². The number of nitrogens with one attached hydrogen (secondary N) is 1. The second-order valence-electron chi connectivity index (χ2n) is 5.80. The van der Waals surface area contributed by atoms with Crippen molar-refractivity contribution in [1.82, 2.24) is 10.2 Å². The highest BCUT2D eigenvalue weighted by Gasteiger charge is 2.31. The van der Waals surface area contributed by atoms with Crippen LogP contribution in [0.4, 0.5) is 4.79 Å². The molecule has 2 amide bonds. The maximum Gasteiger partial charge on any atom is 0.317 e. The summed E-state index contributed by atoms with van der Waals surface area (Å²) in [6.45, 7) is 7.27. The molecule has 2 N–H and O–H groups in total. The highest BCUT2D eigenvalue weighted by molar-refractivity contribution is 5.75. The van der Waals surface area contributed by atoms with E-state index in [4.69, 9.17) is 5.11 Å². The molecule has 1 aliphatic carbocycles. The van der Waals surface area contributed by atoms with E-state index in [1.54, 1.807) is 0 Å². The van der Waals surface area contributed by atoms with Gasteiger partial charge in [0, 0.05) is 25.6 Å². The van der Waals surface area contributed by atoms with Crippen molar-refractivity contribution >= 4 is 12.0 Å². The summed E-state index contributed by atoms with van der Waals surface area (Å²) in [5.74, 6) is -0.347. The van der Waals surface area contributed by atoms with Gasteiger partial charge in [-0.3, -0.25) is 4.79 Å². The molecular weight excluding hydrogens is 244 g/mol. The van der Waals surface area contributed by atoms with E-state index in [1.807, 2.05) is 11.8 Å². The fourth-order valence-corrected chi connectivity index (χ4v) is 2.44. The van der Waals surface area contributed by atoms with Gasteiger partial charge in [-0.15, -0.1) is 0 Å². The lowest BCUT2D eigenvalue weighted by atomic mass is 9.94. The lowest BCUT2D eigenvalue weighted by Crippen LogP contribution is -2.43. The summed E-state index contributed by atoms with van der Waals surface area (Å²) in [6.07, 6.45) is 3.12. The molecule has 0 unspecified atom stereocenters. The van der Waals surface area contributed by atoms with Crippen molar-refractivity contribution in [2.45, 2.75) is 52.5 Å². The first-order valence-corrected chi connectivity index (χ1v) is 7.20. The standard InChI is InChI=1S/C14H26N2O3/c1-4-16(12-5-6-12)14(19)15-9-11(7-10(2)3)8-13(17)18/h10-12H,4-9H2,1-3H3,(H,15,19)(H,17,18)/t11-/m0/s1. The molecule has 5 heteroatoms. The van der Waals surface area contributed by atoms with Crippen LogP contribution in [0.25, 0.3) is 0 Å². The molecular formula is C14H26N2O3. The van der Waals surface area contributed by atoms with Crippen LogP contribution in [0.5, 0.6) is 0 Å². The Morgan fingerprint density at radius 2 is 2.00 bits per heavy atom. The van der Waals surface area contributed by atoms with E-state index >= 15 is 0 Å². The summed E-state index contributed by atoms with van der Waals surface area (Å²) in [5, 5.41) is 11.8. The molecule has 19 heavy (non-hydrogen) atoms. The normalized spacial score (nSPS) is 16.2. The molecule has 0 bridgehead atoms. The van der Waals surface area contributed by atoms with Crippen molar-refractivity contribution in [3.05, 3.63) is 0 Å². The van der Waals surface area contributed by atoms with Crippen LogP contribution >= 0.6 is 0 Å². The van der Waals surface area contributed by atoms with Gasteiger partial charge < -0.3 is 15.3 Å². The molecule has 1 atom stereocenters. The van der Waals surface area contributed by atoms with Crippen molar-refractivity contribution in [2.75, 3.05) is 13.1 Å². The molecule has 0 aromatic heterocycles. The van der Waals surface area contributed by atoms with Crippen LogP contribution in [0.15, 0.2) is 0 Å². The smallest absolute Gasteiger partial charge is 0.317 e. The first-order valence-electron chi connectivity index (χ1n) is 7.20. The van der Waals surface area contributed by atoms with E-state index in [2.05, 4.69) is 19.2 Å². The average molecular weight is 270 g/mol. The average Bonchev–Trinajstić information content (AvgIpc) is 3.09. The van der Waals surface area contributed by atoms with Gasteiger partial charge >= 0.3 is 12.0 Å². The highest BCUT2D eigenvalue weighted by atomic mass is 16.4. The number of carbonyl (C=O) groups excluding carboxylic acids is 1. The van der Waals surface area contributed by atoms with Gasteiger partial charge in [0.25, 0.3) is 0 Å². The first-order chi connectivity index (χ1) is 8.93. The van der Waals surface area contributed by atoms with E-state index in [0.29, 0.717) is 25.0 Å². The number of urea groups is 1. The van der Waals surface area contributed by atoms with Crippen molar-refractivity contribution < 1.29 is 14.7 Å². The fraction of sp³-hybridized carbons (Fsp3) is 0.857. The molecule has 0 saturated heterocycles. The van der Waals surface area contributed by atoms with Gasteiger partial charge in [-0.25, -0.2) is 4.79 Å². The Bertz CT molecular complexity index is 314. The Morgan fingerprint density at radius 1 is 1.37 bits per heavy atom. The summed E-state index contributed by atoms with van der Waals surface area (Å²) in [7, 11) is 0. The summed E-state index contributed by atoms with van der Waals surface area (Å²) < 4.78 is 0. The minimum absolute atomic E-state index is 0.0133. The molecule has 1 aliphatic rings. The van der Waals surface area contributed by atoms with E-state index in [0.717, 1.165) is 19.3 Å². The van der Waals surface area contributed by atoms with Gasteiger partial charge in [0.05, 0.1) is 0 Å². The summed E-state index contributed by atoms with van der Waals surface area (Å²) in [5.41, 5.74) is 0. The second kappa shape index (κ2) is 7.36. The van der Waals surface area contributed by atoms with Crippen molar-refractivity contribution in [3.63, 3.8) is 0 Å². The third kappa shape index (κ3) is 5.94. The van der Waals surface area contributed by atoms with Crippen molar-refractivity contribution in [2.24, 2.45) is 11.8 Å². The Morgan fingerprint density at radius 3 is 2.42 bits per heavy atom. The van der Waals surface area contributed by atoms with E-state index in [9.17, 15) is 9.59 Å². The molecule has 5 nitrogen and oxygen atoms in total. The Hall–Kier alpha value is -1.26. The predicted molar refractivity (Wildman–Crippen MR) is 74.0 cm³/mol. The van der Waals surface area contributed by atoms with E-state index < -0.39 is 5.97 Å². The molecule has 0 aliphatic heterocycles. The third-order valence-electron chi connectivity index (χ3n) is 3.40. The molecule has 1 rings (SSSR count). The molecule has 0 radical (unpaired) electrons. The number of aliphatic carboxylic acids is 1. The number of amides is 2. The highest BCUT2D eigenvalue weighted by Crippen LogP contribution is 2.26. The number of hydrogen-bond acceptors (Lipinski definition) is 2. The molecule has 0 heterocycles. The van der Waals surface area contributed by atoms with Crippen molar-refractivity contribution in [1.29, 1.82) is 0 Å². The molecule has 0 aromatic rings. The zero-order valence-electron chi connectivity index (χ0n) is 12.2. The number of carboxylic acid groups (broad SMARTS) is 1. The Labute approximate surface area is 115 Å². The lowest BCUT2D eigenvalue weighted by Gasteiger charge is -2.23. The van der Waals surface area contributed by atoms with Crippen LogP contribution in [-0.4, -0.2) is 41.1 Å². The van der Waals surface area contributed by atoms with Gasteiger partial charge in [0.1, 0.15) is 0 Å². The summed E-state index contributed by atoms with van der Waals surface area (Å²) in [4.78, 5) is 24.7. The van der Waals surface area contributed by atoms with Gasteiger partial charge in [-0.1, -0.05) is 13.8 Å². The quantitative estimate of drug-likeness (QED) is 0.711. The largest absolute Gasteiger partial charge is 0.481 e. The van der Waals surface area contributed by atoms with E-state index in [1.165, 1.54) is 0 Å². The van der Waals surface area contributed by atoms with Crippen LogP contribution in [0.3, 0.4) is 0 Å². The van der Waals surface area contributed by atoms with E-state index in [-0.39, 0.29) is 18.4 Å². The van der Waals surface area contributed by atoms with Crippen molar-refractivity contribution in [3.8, 4) is 0 Å². The molecule has 1 fully saturated rings. The predicted octanol–water partition coefficient (Wildman–Crippen LogP) is 2.32. The number of hydrogen-bond donors (Lipinski definition) is 2. The van der Waals surface area contributed by atoms with Gasteiger partial charge in [-0.05, 0) is 38.0 Å². The molecule has 0 aromatic carbocycles. The van der Waals surface area contributed by atoms with Crippen LogP contribution in [0.2, 0.25) is 0 Å². The zero-order chi connectivity index (χ0) is 14.4. The Balaban J connectivity index is 2.40. The Kier molecular flexibility index (Phi) is 6.12. The monoisotopic (exact) mass is 270 g/mol. The summed E-state index contributed by atoms with van der Waals surface area (Å²) in [6, 6.07) is 0.345. The van der Waals surface area contributed by atoms with Gasteiger partial charge in [0.15, 0.2) is 0 Å². The molecule has 110 valence electrons. The fourth-order valence-electron chi connectivity index (χ4n) is 2.44. The van der Waals surface area contributed by atoms with Gasteiger partial charge in [0.2, 0.25) is 0 Å². The molecule has 0 spiro atoms. The maximum absolute atomic E-state index is 12.0. The topological polar surface area (TPSA) is 69.6 Å². The van der Waals surface area contributed by atoms with Crippen LogP contribution in [0, 0.1) is 11.8 Å². The summed E-state index contributed by atoms with van der Waals surface area (Å²) >= 11 is 0. The minimum Gasteiger partial charge on any atom is -0.481 e. The van der Waals surface area contributed by atoms with Crippen LogP contribution in [0.1, 0.15) is 46.5 Å². The number of rotatable bonds is 8. The molecule has 1 saturated carbocycles. The minimum atomic E-state index is -0.797. The lowest BCUT2D eigenvalue weighted by molar-refractivity contribution is -0.138. The first kappa shape index (κ1) is 15.8.